The van der Waals surface area contributed by atoms with Crippen LogP contribution in [0.5, 0.6) is 0 Å². The second kappa shape index (κ2) is 14.5. The van der Waals surface area contributed by atoms with E-state index >= 15 is 4.57 Å². The zero-order chi connectivity index (χ0) is 37.2. The molecule has 9 aromatic rings. The van der Waals surface area contributed by atoms with Gasteiger partial charge < -0.3 is 4.57 Å². The van der Waals surface area contributed by atoms with Crippen molar-refractivity contribution in [1.82, 2.24) is 15.0 Å². The zero-order valence-electron chi connectivity index (χ0n) is 29.6. The summed E-state index contributed by atoms with van der Waals surface area (Å²) in [5.41, 5.74) is 6.61. The van der Waals surface area contributed by atoms with Gasteiger partial charge in [-0.2, -0.15) is 0 Å². The van der Waals surface area contributed by atoms with Crippen LogP contribution in [0.1, 0.15) is 0 Å². The average molecular weight is 730 g/mol. The third-order valence-corrected chi connectivity index (χ3v) is 13.0. The molecule has 8 aromatic carbocycles. The molecule has 0 spiro atoms. The normalized spacial score (nSPS) is 11.4. The molecular weight excluding hydrogens is 697 g/mol. The fourth-order valence-electron chi connectivity index (χ4n) is 7.13. The number of hydrogen-bond acceptors (Lipinski definition) is 4. The Balaban J connectivity index is 1.10. The Bertz CT molecular complexity index is 2790. The van der Waals surface area contributed by atoms with Crippen LogP contribution in [0.25, 0.3) is 67.2 Å². The second-order valence-corrected chi connectivity index (χ2v) is 16.1. The molecule has 0 bridgehead atoms. The summed E-state index contributed by atoms with van der Waals surface area (Å²) in [5.74, 6) is 1.23. The molecule has 0 aliphatic carbocycles. The van der Waals surface area contributed by atoms with E-state index in [2.05, 4.69) is 60.7 Å². The lowest BCUT2D eigenvalue weighted by atomic mass is 9.93. The van der Waals surface area contributed by atoms with Crippen molar-refractivity contribution in [2.24, 2.45) is 0 Å². The maximum absolute atomic E-state index is 15.1. The highest BCUT2D eigenvalue weighted by molar-refractivity contribution is 7.85. The minimum Gasteiger partial charge on any atom is -0.309 e. The van der Waals surface area contributed by atoms with Crippen LogP contribution in [0.4, 0.5) is 4.39 Å². The number of nitrogens with zero attached hydrogens (tertiary/aromatic N) is 3. The van der Waals surface area contributed by atoms with Crippen LogP contribution >= 0.6 is 7.14 Å². The van der Waals surface area contributed by atoms with Crippen molar-refractivity contribution < 1.29 is 8.96 Å². The van der Waals surface area contributed by atoms with Crippen molar-refractivity contribution in [3.05, 3.63) is 206 Å². The monoisotopic (exact) mass is 729 g/mol. The Morgan fingerprint density at radius 3 is 1.40 bits per heavy atom. The molecule has 0 saturated heterocycles. The Hall–Kier alpha value is -6.81. The van der Waals surface area contributed by atoms with Crippen molar-refractivity contribution in [1.29, 1.82) is 0 Å². The fraction of sp³-hybridized carbons (Fsp3) is 0. The van der Waals surface area contributed by atoms with E-state index in [0.717, 1.165) is 60.1 Å². The molecule has 1 heterocycles. The molecule has 0 N–H and O–H groups in total. The van der Waals surface area contributed by atoms with Gasteiger partial charge in [0.25, 0.3) is 0 Å². The van der Waals surface area contributed by atoms with Crippen molar-refractivity contribution in [3.63, 3.8) is 0 Å². The van der Waals surface area contributed by atoms with Crippen LogP contribution in [-0.4, -0.2) is 15.0 Å². The summed E-state index contributed by atoms with van der Waals surface area (Å²) in [5, 5.41) is 4.48. The molecule has 262 valence electrons. The van der Waals surface area contributed by atoms with Gasteiger partial charge in [0.2, 0.25) is 0 Å². The number of rotatable bonds is 8. The highest BCUT2D eigenvalue weighted by atomic mass is 31.2. The average Bonchev–Trinajstić information content (AvgIpc) is 3.27. The van der Waals surface area contributed by atoms with Gasteiger partial charge in [-0.3, -0.25) is 0 Å². The van der Waals surface area contributed by atoms with Crippen molar-refractivity contribution in [2.45, 2.75) is 0 Å². The van der Waals surface area contributed by atoms with Gasteiger partial charge in [-0.25, -0.2) is 19.3 Å². The third kappa shape index (κ3) is 6.56. The Kier molecular flexibility index (Phi) is 8.99. The molecule has 4 nitrogen and oxygen atoms in total. The molecule has 1 aromatic heterocycles. The van der Waals surface area contributed by atoms with Crippen LogP contribution in [0.3, 0.4) is 0 Å². The van der Waals surface area contributed by atoms with E-state index in [-0.39, 0.29) is 5.82 Å². The smallest absolute Gasteiger partial charge is 0.171 e. The Morgan fingerprint density at radius 1 is 0.345 bits per heavy atom. The summed E-state index contributed by atoms with van der Waals surface area (Å²) in [6.07, 6.45) is 0. The van der Waals surface area contributed by atoms with Crippen LogP contribution in [0.2, 0.25) is 0 Å². The van der Waals surface area contributed by atoms with Crippen LogP contribution in [0.15, 0.2) is 200 Å². The molecule has 0 aliphatic heterocycles. The molecule has 0 amide bonds. The topological polar surface area (TPSA) is 55.7 Å². The van der Waals surface area contributed by atoms with Crippen molar-refractivity contribution >= 4 is 33.8 Å². The lowest BCUT2D eigenvalue weighted by Crippen LogP contribution is -2.25. The predicted molar refractivity (Wildman–Crippen MR) is 224 cm³/mol. The molecule has 0 fully saturated rings. The highest BCUT2D eigenvalue weighted by Crippen LogP contribution is 2.43. The number of halogens is 1. The van der Waals surface area contributed by atoms with Gasteiger partial charge in [-0.1, -0.05) is 164 Å². The van der Waals surface area contributed by atoms with Crippen LogP contribution in [-0.2, 0) is 4.57 Å². The first-order valence-electron chi connectivity index (χ1n) is 18.1. The van der Waals surface area contributed by atoms with Gasteiger partial charge in [-0.15, -0.1) is 0 Å². The molecule has 9 rings (SSSR count). The quantitative estimate of drug-likeness (QED) is 0.146. The second-order valence-electron chi connectivity index (χ2n) is 13.3. The molecule has 0 saturated carbocycles. The SMILES string of the molecule is O=P(c1ccccc1)(c1ccccc1)c1cccc(-c2ccc(-c3ccc(-c4nc(-c5ccccc5)nc(-c5ccc(F)cc5)n4)c4ccccc34)cc2)c1. The summed E-state index contributed by atoms with van der Waals surface area (Å²) in [7, 11) is -3.11. The van der Waals surface area contributed by atoms with Gasteiger partial charge in [0.05, 0.1) is 0 Å². The lowest BCUT2D eigenvalue weighted by Gasteiger charge is -2.20. The number of hydrogen-bond donors (Lipinski definition) is 0. The van der Waals surface area contributed by atoms with Crippen molar-refractivity contribution in [2.75, 3.05) is 0 Å². The van der Waals surface area contributed by atoms with Gasteiger partial charge in [0, 0.05) is 32.6 Å². The minimum absolute atomic E-state index is 0.318. The summed E-state index contributed by atoms with van der Waals surface area (Å²) >= 11 is 0. The van der Waals surface area contributed by atoms with Crippen LogP contribution in [0, 0.1) is 5.82 Å². The maximum Gasteiger partial charge on any atom is 0.171 e. The molecule has 55 heavy (non-hydrogen) atoms. The van der Waals surface area contributed by atoms with Gasteiger partial charge >= 0.3 is 0 Å². The third-order valence-electron chi connectivity index (χ3n) is 9.91. The van der Waals surface area contributed by atoms with Gasteiger partial charge in [0.1, 0.15) is 5.82 Å². The van der Waals surface area contributed by atoms with E-state index in [9.17, 15) is 4.39 Å². The molecule has 0 unspecified atom stereocenters. The molecule has 0 atom stereocenters. The fourth-order valence-corrected chi connectivity index (χ4v) is 9.83. The summed E-state index contributed by atoms with van der Waals surface area (Å²) in [6.45, 7) is 0. The van der Waals surface area contributed by atoms with E-state index in [4.69, 9.17) is 15.0 Å². The highest BCUT2D eigenvalue weighted by Gasteiger charge is 2.29. The Labute approximate surface area is 319 Å². The van der Waals surface area contributed by atoms with E-state index in [1.165, 1.54) is 12.1 Å². The standard InChI is InChI=1S/C49H33FN3OP/c50-39-29-27-37(28-30-39)48-51-47(36-13-4-1-5-14-36)52-49(53-48)46-32-31-43(44-21-10-11-22-45(44)46)35-25-23-34(24-26-35)38-15-12-20-42(33-38)55(54,40-16-6-2-7-17-40)41-18-8-3-9-19-41/h1-33H. The van der Waals surface area contributed by atoms with Gasteiger partial charge in [0.15, 0.2) is 24.6 Å². The summed E-state index contributed by atoms with van der Waals surface area (Å²) in [4.78, 5) is 14.7. The first-order valence-corrected chi connectivity index (χ1v) is 19.8. The van der Waals surface area contributed by atoms with Gasteiger partial charge in [-0.05, 0) is 69.4 Å². The van der Waals surface area contributed by atoms with Crippen LogP contribution < -0.4 is 15.9 Å². The van der Waals surface area contributed by atoms with E-state index in [1.807, 2.05) is 115 Å². The molecule has 6 heteroatoms. The number of fused-ring (bicyclic) bond motifs is 1. The van der Waals surface area contributed by atoms with E-state index in [1.54, 1.807) is 12.1 Å². The molecule has 0 aliphatic rings. The zero-order valence-corrected chi connectivity index (χ0v) is 30.5. The molecule has 0 radical (unpaired) electrons. The first kappa shape index (κ1) is 34.0. The largest absolute Gasteiger partial charge is 0.309 e. The first-order chi connectivity index (χ1) is 27.0. The Morgan fingerprint density at radius 2 is 0.782 bits per heavy atom. The number of benzene rings is 8. The molecular formula is C49H33FN3OP. The predicted octanol–water partition coefficient (Wildman–Crippen LogP) is 11.1. The summed E-state index contributed by atoms with van der Waals surface area (Å²) in [6, 6.07) is 64.6. The van der Waals surface area contributed by atoms with Crippen molar-refractivity contribution in [3.8, 4) is 56.4 Å². The van der Waals surface area contributed by atoms with E-state index in [0.29, 0.717) is 23.0 Å². The lowest BCUT2D eigenvalue weighted by molar-refractivity contribution is 0.592. The maximum atomic E-state index is 15.1. The number of aromatic nitrogens is 3. The van der Waals surface area contributed by atoms with E-state index < -0.39 is 7.14 Å². The minimum atomic E-state index is -3.11. The summed E-state index contributed by atoms with van der Waals surface area (Å²) < 4.78 is 28.9.